The minimum atomic E-state index is -1.02. The van der Waals surface area contributed by atoms with Crippen LogP contribution in [0.5, 0.6) is 5.75 Å². The SMILES string of the molecule is Cc1cc(-c2cccc(NC(=O)N[C@@H]3c4cc(C#N)ccc4OC(C)(C)[C@H]3O)c2)on1. The Kier molecular flexibility index (Phi) is 5.13. The molecule has 1 aliphatic heterocycles. The van der Waals surface area contributed by atoms with Crippen LogP contribution in [0, 0.1) is 18.3 Å². The van der Waals surface area contributed by atoms with E-state index in [9.17, 15) is 15.2 Å². The van der Waals surface area contributed by atoms with Gasteiger partial charge in [0.1, 0.15) is 17.5 Å². The molecule has 3 aromatic rings. The first-order valence-corrected chi connectivity index (χ1v) is 9.79. The number of hydrogen-bond acceptors (Lipinski definition) is 6. The Morgan fingerprint density at radius 3 is 2.74 bits per heavy atom. The van der Waals surface area contributed by atoms with Crippen LogP contribution >= 0.6 is 0 Å². The molecule has 0 unspecified atom stereocenters. The highest BCUT2D eigenvalue weighted by Crippen LogP contribution is 2.40. The lowest BCUT2D eigenvalue weighted by atomic mass is 9.86. The third-order valence-electron chi connectivity index (χ3n) is 5.19. The molecule has 4 rings (SSSR count). The standard InChI is InChI=1S/C23H22N4O4/c1-13-9-19(31-27-13)15-5-4-6-16(11-15)25-22(29)26-20-17-10-14(12-24)7-8-18(17)30-23(2,3)21(20)28/h4-11,20-21,28H,1-3H3,(H2,25,26,29)/t20-,21+/m1/s1. The summed E-state index contributed by atoms with van der Waals surface area (Å²) in [5.41, 5.74) is 2.12. The molecule has 0 bridgehead atoms. The summed E-state index contributed by atoms with van der Waals surface area (Å²) in [4.78, 5) is 12.8. The molecule has 2 aromatic carbocycles. The number of urea groups is 1. The summed E-state index contributed by atoms with van der Waals surface area (Å²) in [5, 5.41) is 29.6. The van der Waals surface area contributed by atoms with Gasteiger partial charge in [-0.1, -0.05) is 17.3 Å². The van der Waals surface area contributed by atoms with E-state index in [4.69, 9.17) is 9.26 Å². The van der Waals surface area contributed by atoms with E-state index in [1.54, 1.807) is 50.2 Å². The summed E-state index contributed by atoms with van der Waals surface area (Å²) < 4.78 is 11.2. The highest BCUT2D eigenvalue weighted by molar-refractivity contribution is 5.90. The lowest BCUT2D eigenvalue weighted by Crippen LogP contribution is -2.54. The average Bonchev–Trinajstić information content (AvgIpc) is 3.17. The highest BCUT2D eigenvalue weighted by atomic mass is 16.5. The molecule has 2 amide bonds. The second-order valence-corrected chi connectivity index (χ2v) is 8.00. The number of carbonyl (C=O) groups excluding carboxylic acids is 1. The number of aromatic nitrogens is 1. The van der Waals surface area contributed by atoms with E-state index < -0.39 is 23.8 Å². The van der Waals surface area contributed by atoms with E-state index in [1.165, 1.54) is 0 Å². The molecule has 1 aromatic heterocycles. The van der Waals surface area contributed by atoms with E-state index in [-0.39, 0.29) is 0 Å². The van der Waals surface area contributed by atoms with Crippen molar-refractivity contribution >= 4 is 11.7 Å². The summed E-state index contributed by atoms with van der Waals surface area (Å²) >= 11 is 0. The van der Waals surface area contributed by atoms with E-state index in [0.29, 0.717) is 28.3 Å². The van der Waals surface area contributed by atoms with Gasteiger partial charge in [0.2, 0.25) is 0 Å². The molecule has 0 saturated heterocycles. The number of rotatable bonds is 3. The molecule has 2 heterocycles. The van der Waals surface area contributed by atoms with Crippen molar-refractivity contribution in [2.75, 3.05) is 5.32 Å². The zero-order chi connectivity index (χ0) is 22.2. The molecule has 0 spiro atoms. The topological polar surface area (TPSA) is 120 Å². The molecular weight excluding hydrogens is 396 g/mol. The number of nitrogens with one attached hydrogen (secondary N) is 2. The monoisotopic (exact) mass is 418 g/mol. The fourth-order valence-corrected chi connectivity index (χ4v) is 3.58. The third-order valence-corrected chi connectivity index (χ3v) is 5.19. The quantitative estimate of drug-likeness (QED) is 0.593. The van der Waals surface area contributed by atoms with Gasteiger partial charge in [-0.05, 0) is 51.1 Å². The summed E-state index contributed by atoms with van der Waals surface area (Å²) in [6.07, 6.45) is -1.02. The van der Waals surface area contributed by atoms with Gasteiger partial charge in [-0.2, -0.15) is 5.26 Å². The molecule has 31 heavy (non-hydrogen) atoms. The zero-order valence-electron chi connectivity index (χ0n) is 17.3. The van der Waals surface area contributed by atoms with Crippen LogP contribution in [-0.4, -0.2) is 28.0 Å². The normalized spacial score (nSPS) is 18.9. The van der Waals surface area contributed by atoms with Crippen molar-refractivity contribution in [2.45, 2.75) is 38.5 Å². The Labute approximate surface area is 179 Å². The molecule has 8 heteroatoms. The number of amides is 2. The highest BCUT2D eigenvalue weighted by Gasteiger charge is 2.43. The molecule has 158 valence electrons. The molecule has 2 atom stereocenters. The van der Waals surface area contributed by atoms with Crippen molar-refractivity contribution in [1.82, 2.24) is 10.5 Å². The second-order valence-electron chi connectivity index (χ2n) is 8.00. The zero-order valence-corrected chi connectivity index (χ0v) is 17.3. The maximum Gasteiger partial charge on any atom is 0.319 e. The Morgan fingerprint density at radius 2 is 2.03 bits per heavy atom. The smallest absolute Gasteiger partial charge is 0.319 e. The third kappa shape index (κ3) is 4.09. The molecule has 8 nitrogen and oxygen atoms in total. The van der Waals surface area contributed by atoms with Gasteiger partial charge in [0.15, 0.2) is 5.76 Å². The van der Waals surface area contributed by atoms with Crippen molar-refractivity contribution < 1.29 is 19.2 Å². The Morgan fingerprint density at radius 1 is 1.23 bits per heavy atom. The first-order chi connectivity index (χ1) is 14.8. The molecule has 3 N–H and O–H groups in total. The number of hydrogen-bond donors (Lipinski definition) is 3. The van der Waals surface area contributed by atoms with Crippen LogP contribution in [0.25, 0.3) is 11.3 Å². The van der Waals surface area contributed by atoms with E-state index in [2.05, 4.69) is 21.9 Å². The lowest BCUT2D eigenvalue weighted by Gasteiger charge is -2.42. The number of nitrogens with zero attached hydrogens (tertiary/aromatic N) is 2. The maximum absolute atomic E-state index is 12.8. The minimum Gasteiger partial charge on any atom is -0.485 e. The number of ether oxygens (including phenoxy) is 1. The first-order valence-electron chi connectivity index (χ1n) is 9.79. The van der Waals surface area contributed by atoms with Crippen molar-refractivity contribution in [2.24, 2.45) is 0 Å². The van der Waals surface area contributed by atoms with Crippen LogP contribution in [-0.2, 0) is 0 Å². The fraction of sp³-hybridized carbons (Fsp3) is 0.261. The van der Waals surface area contributed by atoms with Crippen LogP contribution < -0.4 is 15.4 Å². The number of carbonyl (C=O) groups is 1. The van der Waals surface area contributed by atoms with E-state index in [1.807, 2.05) is 19.1 Å². The number of fused-ring (bicyclic) bond motifs is 1. The molecule has 0 radical (unpaired) electrons. The van der Waals surface area contributed by atoms with Crippen LogP contribution in [0.15, 0.2) is 53.1 Å². The van der Waals surface area contributed by atoms with Gasteiger partial charge >= 0.3 is 6.03 Å². The molecule has 0 fully saturated rings. The van der Waals surface area contributed by atoms with Gasteiger partial charge < -0.3 is 25.0 Å². The number of aryl methyl sites for hydroxylation is 1. The fourth-order valence-electron chi connectivity index (χ4n) is 3.58. The predicted molar refractivity (Wildman–Crippen MR) is 113 cm³/mol. The molecule has 1 aliphatic rings. The van der Waals surface area contributed by atoms with E-state index in [0.717, 1.165) is 11.3 Å². The van der Waals surface area contributed by atoms with Crippen molar-refractivity contribution in [3.05, 3.63) is 65.4 Å². The van der Waals surface area contributed by atoms with Crippen molar-refractivity contribution in [3.63, 3.8) is 0 Å². The van der Waals surface area contributed by atoms with Crippen LogP contribution in [0.4, 0.5) is 10.5 Å². The number of benzene rings is 2. The van der Waals surface area contributed by atoms with E-state index >= 15 is 0 Å². The number of anilines is 1. The van der Waals surface area contributed by atoms with Crippen LogP contribution in [0.2, 0.25) is 0 Å². The van der Waals surface area contributed by atoms with Crippen molar-refractivity contribution in [3.8, 4) is 23.1 Å². The number of aliphatic hydroxyl groups excluding tert-OH is 1. The Hall–Kier alpha value is -3.83. The molecule has 0 saturated carbocycles. The van der Waals surface area contributed by atoms with Gasteiger partial charge in [0.25, 0.3) is 0 Å². The first kappa shape index (κ1) is 20.4. The summed E-state index contributed by atoms with van der Waals surface area (Å²) in [6.45, 7) is 5.32. The predicted octanol–water partition coefficient (Wildman–Crippen LogP) is 3.92. The molecule has 0 aliphatic carbocycles. The summed E-state index contributed by atoms with van der Waals surface area (Å²) in [7, 11) is 0. The van der Waals surface area contributed by atoms with Crippen LogP contribution in [0.1, 0.15) is 36.7 Å². The summed E-state index contributed by atoms with van der Waals surface area (Å²) in [5.74, 6) is 1.11. The van der Waals surface area contributed by atoms with Gasteiger partial charge in [0, 0.05) is 22.9 Å². The number of nitriles is 1. The van der Waals surface area contributed by atoms with Gasteiger partial charge in [-0.3, -0.25) is 0 Å². The van der Waals surface area contributed by atoms with Gasteiger partial charge in [0.05, 0.1) is 23.4 Å². The second kappa shape index (κ2) is 7.78. The van der Waals surface area contributed by atoms with Gasteiger partial charge in [-0.25, -0.2) is 4.79 Å². The Bertz CT molecular complexity index is 1180. The largest absolute Gasteiger partial charge is 0.485 e. The maximum atomic E-state index is 12.8. The Balaban J connectivity index is 1.56. The number of aliphatic hydroxyl groups is 1. The lowest BCUT2D eigenvalue weighted by molar-refractivity contribution is -0.0618. The minimum absolute atomic E-state index is 0.413. The average molecular weight is 418 g/mol. The molecular formula is C23H22N4O4. The van der Waals surface area contributed by atoms with Crippen molar-refractivity contribution in [1.29, 1.82) is 5.26 Å². The van der Waals surface area contributed by atoms with Gasteiger partial charge in [-0.15, -0.1) is 0 Å². The summed E-state index contributed by atoms with van der Waals surface area (Å²) in [6, 6.07) is 14.7. The van der Waals surface area contributed by atoms with Crippen LogP contribution in [0.3, 0.4) is 0 Å².